The van der Waals surface area contributed by atoms with Gasteiger partial charge in [-0.15, -0.1) is 0 Å². The van der Waals surface area contributed by atoms with Gasteiger partial charge in [0.1, 0.15) is 0 Å². The maximum atomic E-state index is 12.5. The number of aryl methyl sites for hydroxylation is 2. The van der Waals surface area contributed by atoms with Gasteiger partial charge in [-0.1, -0.05) is 35.9 Å². The number of hydrogen-bond acceptors (Lipinski definition) is 3. The number of fused-ring (bicyclic) bond motifs is 1. The number of carbonyl (C=O) groups excluding carboxylic acids is 1. The van der Waals surface area contributed by atoms with E-state index in [9.17, 15) is 13.2 Å². The molecule has 1 atom stereocenters. The van der Waals surface area contributed by atoms with Crippen LogP contribution < -0.4 is 9.62 Å². The molecule has 7 heteroatoms. The molecule has 3 rings (SSSR count). The van der Waals surface area contributed by atoms with Crippen molar-refractivity contribution in [2.45, 2.75) is 58.4 Å². The molecule has 0 fully saturated rings. The summed E-state index contributed by atoms with van der Waals surface area (Å²) in [6.07, 6.45) is 6.56. The number of nitrogens with one attached hydrogen (secondary N) is 1. The molecule has 1 aliphatic rings. The lowest BCUT2D eigenvalue weighted by Crippen LogP contribution is -2.33. The third-order valence-electron chi connectivity index (χ3n) is 5.92. The Hall–Kier alpha value is -2.05. The van der Waals surface area contributed by atoms with Gasteiger partial charge in [-0.25, -0.2) is 8.42 Å². The number of benzene rings is 2. The molecule has 1 N–H and O–H groups in total. The average Bonchev–Trinajstić information content (AvgIpc) is 2.72. The Bertz CT molecular complexity index is 1050. The minimum absolute atomic E-state index is 0.0820. The maximum Gasteiger partial charge on any atom is 0.232 e. The van der Waals surface area contributed by atoms with Crippen molar-refractivity contribution in [3.05, 3.63) is 63.7 Å². The lowest BCUT2D eigenvalue weighted by Gasteiger charge is -2.24. The highest BCUT2D eigenvalue weighted by Crippen LogP contribution is 2.28. The van der Waals surface area contributed by atoms with Crippen molar-refractivity contribution in [3.8, 4) is 0 Å². The van der Waals surface area contributed by atoms with Crippen molar-refractivity contribution in [2.75, 3.05) is 17.1 Å². The summed E-state index contributed by atoms with van der Waals surface area (Å²) in [5.74, 6) is -0.0820. The molecule has 2 aromatic rings. The number of rotatable bonds is 8. The number of nitrogens with zero attached hydrogens (tertiary/aromatic N) is 1. The minimum Gasteiger partial charge on any atom is -0.350 e. The molecule has 0 spiro atoms. The second-order valence-corrected chi connectivity index (χ2v) is 10.7. The van der Waals surface area contributed by atoms with Crippen LogP contribution in [0.1, 0.15) is 60.9 Å². The molecule has 0 bridgehead atoms. The van der Waals surface area contributed by atoms with Crippen molar-refractivity contribution < 1.29 is 13.2 Å². The van der Waals surface area contributed by atoms with E-state index >= 15 is 0 Å². The van der Waals surface area contributed by atoms with E-state index < -0.39 is 10.0 Å². The molecular weight excluding hydrogens is 432 g/mol. The van der Waals surface area contributed by atoms with Gasteiger partial charge in [0.2, 0.25) is 15.9 Å². The van der Waals surface area contributed by atoms with Crippen LogP contribution in [0, 0.1) is 6.92 Å². The van der Waals surface area contributed by atoms with Crippen molar-refractivity contribution in [3.63, 3.8) is 0 Å². The Balaban J connectivity index is 1.58. The summed E-state index contributed by atoms with van der Waals surface area (Å²) in [6, 6.07) is 11.6. The predicted octanol–water partition coefficient (Wildman–Crippen LogP) is 4.95. The van der Waals surface area contributed by atoms with Crippen LogP contribution in [0.25, 0.3) is 0 Å². The summed E-state index contributed by atoms with van der Waals surface area (Å²) < 4.78 is 26.0. The Morgan fingerprint density at radius 2 is 1.87 bits per heavy atom. The topological polar surface area (TPSA) is 66.5 Å². The molecule has 1 amide bonds. The fourth-order valence-corrected chi connectivity index (χ4v) is 5.32. The summed E-state index contributed by atoms with van der Waals surface area (Å²) in [5, 5.41) is 3.56. The summed E-state index contributed by atoms with van der Waals surface area (Å²) in [5.41, 5.74) is 5.19. The van der Waals surface area contributed by atoms with Gasteiger partial charge in [-0.3, -0.25) is 9.10 Å². The highest BCUT2D eigenvalue weighted by atomic mass is 35.5. The van der Waals surface area contributed by atoms with Crippen LogP contribution in [-0.4, -0.2) is 27.1 Å². The second kappa shape index (κ2) is 10.0. The molecule has 2 aromatic carbocycles. The third-order valence-corrected chi connectivity index (χ3v) is 7.51. The smallest absolute Gasteiger partial charge is 0.232 e. The van der Waals surface area contributed by atoms with E-state index in [4.69, 9.17) is 11.6 Å². The Kier molecular flexibility index (Phi) is 7.65. The SMILES string of the molecule is Cc1c(Cl)cccc1N(CCCC(=O)N[C@H](C)c1ccc2c(c1)CCCC2)S(C)(=O)=O. The first-order chi connectivity index (χ1) is 14.7. The Morgan fingerprint density at radius 3 is 2.58 bits per heavy atom. The molecule has 0 aromatic heterocycles. The van der Waals surface area contributed by atoms with Gasteiger partial charge in [0.15, 0.2) is 0 Å². The van der Waals surface area contributed by atoms with Gasteiger partial charge in [0.25, 0.3) is 0 Å². The molecule has 31 heavy (non-hydrogen) atoms. The van der Waals surface area contributed by atoms with Gasteiger partial charge >= 0.3 is 0 Å². The lowest BCUT2D eigenvalue weighted by atomic mass is 9.89. The standard InChI is InChI=1S/C24H31ClN2O3S/c1-17-22(25)10-6-11-23(17)27(31(3,29)30)15-7-12-24(28)26-18(2)20-14-13-19-8-4-5-9-21(19)16-20/h6,10-11,13-14,16,18H,4-5,7-9,12,15H2,1-3H3,(H,26,28)/t18-/m1/s1. The van der Waals surface area contributed by atoms with E-state index in [0.717, 1.165) is 18.4 Å². The molecule has 0 saturated heterocycles. The van der Waals surface area contributed by atoms with Crippen LogP contribution >= 0.6 is 11.6 Å². The van der Waals surface area contributed by atoms with Crippen LogP contribution in [0.2, 0.25) is 5.02 Å². The van der Waals surface area contributed by atoms with Crippen molar-refractivity contribution in [1.29, 1.82) is 0 Å². The van der Waals surface area contributed by atoms with E-state index in [1.165, 1.54) is 34.5 Å². The zero-order chi connectivity index (χ0) is 22.6. The van der Waals surface area contributed by atoms with Crippen molar-refractivity contribution in [2.24, 2.45) is 0 Å². The summed E-state index contributed by atoms with van der Waals surface area (Å²) in [7, 11) is -3.49. The second-order valence-electron chi connectivity index (χ2n) is 8.35. The quantitative estimate of drug-likeness (QED) is 0.603. The van der Waals surface area contributed by atoms with E-state index in [2.05, 4.69) is 23.5 Å². The predicted molar refractivity (Wildman–Crippen MR) is 127 cm³/mol. The Morgan fingerprint density at radius 1 is 1.16 bits per heavy atom. The van der Waals surface area contributed by atoms with Gasteiger partial charge in [-0.2, -0.15) is 0 Å². The minimum atomic E-state index is -3.49. The zero-order valence-electron chi connectivity index (χ0n) is 18.4. The Labute approximate surface area is 190 Å². The van der Waals surface area contributed by atoms with E-state index in [1.54, 1.807) is 25.1 Å². The maximum absolute atomic E-state index is 12.5. The van der Waals surface area contributed by atoms with Gasteiger partial charge in [0.05, 0.1) is 18.0 Å². The number of anilines is 1. The fraction of sp³-hybridized carbons (Fsp3) is 0.458. The van der Waals surface area contributed by atoms with Crippen molar-refractivity contribution in [1.82, 2.24) is 5.32 Å². The molecule has 5 nitrogen and oxygen atoms in total. The molecule has 168 valence electrons. The van der Waals surface area contributed by atoms with Crippen molar-refractivity contribution >= 4 is 33.2 Å². The zero-order valence-corrected chi connectivity index (χ0v) is 20.0. The fourth-order valence-electron chi connectivity index (χ4n) is 4.13. The van der Waals surface area contributed by atoms with E-state index in [0.29, 0.717) is 22.7 Å². The first kappa shape index (κ1) is 23.6. The van der Waals surface area contributed by atoms with Gasteiger partial charge in [-0.05, 0) is 80.3 Å². The molecule has 0 radical (unpaired) electrons. The average molecular weight is 463 g/mol. The largest absolute Gasteiger partial charge is 0.350 e. The third kappa shape index (κ3) is 6.01. The highest BCUT2D eigenvalue weighted by molar-refractivity contribution is 7.92. The monoisotopic (exact) mass is 462 g/mol. The number of hydrogen-bond donors (Lipinski definition) is 1. The van der Waals surface area contributed by atoms with E-state index in [1.807, 2.05) is 6.92 Å². The van der Waals surface area contributed by atoms with Crippen LogP contribution in [-0.2, 0) is 27.7 Å². The van der Waals surface area contributed by atoms with Gasteiger partial charge in [0, 0.05) is 18.0 Å². The van der Waals surface area contributed by atoms with Crippen LogP contribution in [0.15, 0.2) is 36.4 Å². The van der Waals surface area contributed by atoms with Crippen LogP contribution in [0.5, 0.6) is 0 Å². The molecule has 0 unspecified atom stereocenters. The molecule has 0 aliphatic heterocycles. The molecule has 1 aliphatic carbocycles. The molecular formula is C24H31ClN2O3S. The number of halogens is 1. The van der Waals surface area contributed by atoms with E-state index in [-0.39, 0.29) is 24.9 Å². The number of amides is 1. The summed E-state index contributed by atoms with van der Waals surface area (Å²) >= 11 is 6.17. The molecule has 0 heterocycles. The normalized spacial score (nSPS) is 14.6. The number of sulfonamides is 1. The highest BCUT2D eigenvalue weighted by Gasteiger charge is 2.21. The lowest BCUT2D eigenvalue weighted by molar-refractivity contribution is -0.121. The molecule has 0 saturated carbocycles. The summed E-state index contributed by atoms with van der Waals surface area (Å²) in [6.45, 7) is 4.00. The number of carbonyl (C=O) groups is 1. The first-order valence-corrected chi connectivity index (χ1v) is 13.0. The van der Waals surface area contributed by atoms with Gasteiger partial charge < -0.3 is 5.32 Å². The first-order valence-electron chi connectivity index (χ1n) is 10.8. The van der Waals surface area contributed by atoms with Crippen LogP contribution in [0.3, 0.4) is 0 Å². The van der Waals surface area contributed by atoms with Crippen LogP contribution in [0.4, 0.5) is 5.69 Å². The summed E-state index contributed by atoms with van der Waals surface area (Å²) in [4.78, 5) is 12.5.